The van der Waals surface area contributed by atoms with Crippen LogP contribution in [0.3, 0.4) is 0 Å². The average molecular weight is 476 g/mol. The number of ether oxygens (including phenoxy) is 1. The third-order valence-corrected chi connectivity index (χ3v) is 4.48. The highest BCUT2D eigenvalue weighted by atomic mass is 79.9. The minimum absolute atomic E-state index is 0.257. The van der Waals surface area contributed by atoms with E-state index in [1.54, 1.807) is 42.5 Å². The zero-order valence-corrected chi connectivity index (χ0v) is 17.1. The molecular formula is C21H13BrClFN2O3. The van der Waals surface area contributed by atoms with Gasteiger partial charge >= 0.3 is 5.97 Å². The van der Waals surface area contributed by atoms with Crippen LogP contribution in [0, 0.1) is 5.82 Å². The summed E-state index contributed by atoms with van der Waals surface area (Å²) in [4.78, 5) is 24.4. The van der Waals surface area contributed by atoms with Crippen molar-refractivity contribution in [2.24, 2.45) is 5.10 Å². The molecule has 1 amide bonds. The number of amides is 1. The third-order valence-electron chi connectivity index (χ3n) is 3.73. The van der Waals surface area contributed by atoms with E-state index < -0.39 is 17.7 Å². The number of hydrogen-bond donors (Lipinski definition) is 1. The van der Waals surface area contributed by atoms with Crippen LogP contribution in [0.1, 0.15) is 26.3 Å². The molecule has 0 aromatic heterocycles. The number of halogens is 3. The monoisotopic (exact) mass is 474 g/mol. The second-order valence-electron chi connectivity index (χ2n) is 5.78. The molecule has 0 radical (unpaired) electrons. The normalized spacial score (nSPS) is 10.7. The van der Waals surface area contributed by atoms with Gasteiger partial charge in [0.15, 0.2) is 0 Å². The number of esters is 1. The van der Waals surface area contributed by atoms with Crippen LogP contribution in [0.4, 0.5) is 4.39 Å². The largest absolute Gasteiger partial charge is 0.422 e. The highest BCUT2D eigenvalue weighted by Crippen LogP contribution is 2.23. The Balaban J connectivity index is 1.73. The van der Waals surface area contributed by atoms with E-state index >= 15 is 0 Å². The first-order valence-electron chi connectivity index (χ1n) is 8.28. The highest BCUT2D eigenvalue weighted by Gasteiger charge is 2.12. The second-order valence-corrected chi connectivity index (χ2v) is 7.14. The van der Waals surface area contributed by atoms with Crippen molar-refractivity contribution in [2.45, 2.75) is 0 Å². The van der Waals surface area contributed by atoms with Crippen LogP contribution < -0.4 is 10.2 Å². The first kappa shape index (κ1) is 20.7. The summed E-state index contributed by atoms with van der Waals surface area (Å²) in [5, 5.41) is 4.40. The molecule has 0 heterocycles. The molecule has 29 heavy (non-hydrogen) atoms. The summed E-state index contributed by atoms with van der Waals surface area (Å²) >= 11 is 9.17. The highest BCUT2D eigenvalue weighted by molar-refractivity contribution is 9.10. The lowest BCUT2D eigenvalue weighted by atomic mass is 10.2. The van der Waals surface area contributed by atoms with Gasteiger partial charge in [0.1, 0.15) is 11.6 Å². The minimum Gasteiger partial charge on any atom is -0.422 e. The summed E-state index contributed by atoms with van der Waals surface area (Å²) in [6.45, 7) is 0. The molecule has 0 spiro atoms. The molecule has 0 fully saturated rings. The topological polar surface area (TPSA) is 67.8 Å². The SMILES string of the molecule is O=C(N/N=C\c1cc(Br)ccc1OC(=O)c1ccc(Cl)cc1)c1ccc(F)cc1. The van der Waals surface area contributed by atoms with Gasteiger partial charge in [-0.15, -0.1) is 0 Å². The zero-order chi connectivity index (χ0) is 20.8. The Kier molecular flexibility index (Phi) is 6.74. The fourth-order valence-corrected chi connectivity index (χ4v) is 2.79. The average Bonchev–Trinajstić information content (AvgIpc) is 2.70. The van der Waals surface area contributed by atoms with Crippen molar-refractivity contribution >= 4 is 45.6 Å². The van der Waals surface area contributed by atoms with Gasteiger partial charge in [0, 0.05) is 20.6 Å². The van der Waals surface area contributed by atoms with Crippen LogP contribution in [0.25, 0.3) is 0 Å². The smallest absolute Gasteiger partial charge is 0.343 e. The lowest BCUT2D eigenvalue weighted by Gasteiger charge is -2.08. The van der Waals surface area contributed by atoms with Gasteiger partial charge in [-0.25, -0.2) is 14.6 Å². The van der Waals surface area contributed by atoms with Crippen molar-refractivity contribution in [3.63, 3.8) is 0 Å². The first-order chi connectivity index (χ1) is 13.9. The van der Waals surface area contributed by atoms with Gasteiger partial charge in [-0.2, -0.15) is 5.10 Å². The number of nitrogens with one attached hydrogen (secondary N) is 1. The number of nitrogens with zero attached hydrogens (tertiary/aromatic N) is 1. The zero-order valence-electron chi connectivity index (χ0n) is 14.7. The van der Waals surface area contributed by atoms with E-state index in [0.717, 1.165) is 4.47 Å². The maximum atomic E-state index is 12.9. The molecule has 0 atom stereocenters. The predicted molar refractivity (Wildman–Crippen MR) is 112 cm³/mol. The van der Waals surface area contributed by atoms with Crippen molar-refractivity contribution in [3.05, 3.63) is 98.7 Å². The minimum atomic E-state index is -0.561. The number of benzene rings is 3. The lowest BCUT2D eigenvalue weighted by molar-refractivity contribution is 0.0734. The summed E-state index contributed by atoms with van der Waals surface area (Å²) in [7, 11) is 0. The number of hydrazone groups is 1. The maximum absolute atomic E-state index is 12.9. The molecule has 146 valence electrons. The summed E-state index contributed by atoms with van der Waals surface area (Å²) < 4.78 is 19.1. The van der Waals surface area contributed by atoms with E-state index in [1.165, 1.54) is 30.5 Å². The van der Waals surface area contributed by atoms with E-state index in [-0.39, 0.29) is 11.3 Å². The van der Waals surface area contributed by atoms with E-state index in [0.29, 0.717) is 16.1 Å². The number of rotatable bonds is 5. The van der Waals surface area contributed by atoms with E-state index in [2.05, 4.69) is 26.5 Å². The Hall–Kier alpha value is -3.03. The van der Waals surface area contributed by atoms with Crippen molar-refractivity contribution in [2.75, 3.05) is 0 Å². The standard InChI is InChI=1S/C21H13BrClFN2O3/c22-16-5-10-19(29-21(28)14-1-6-17(23)7-2-14)15(11-16)12-25-26-20(27)13-3-8-18(24)9-4-13/h1-12H,(H,26,27)/b25-12-. The number of hydrogen-bond acceptors (Lipinski definition) is 4. The first-order valence-corrected chi connectivity index (χ1v) is 9.46. The molecule has 3 aromatic carbocycles. The molecule has 5 nitrogen and oxygen atoms in total. The van der Waals surface area contributed by atoms with Crippen molar-refractivity contribution in [1.82, 2.24) is 5.43 Å². The fraction of sp³-hybridized carbons (Fsp3) is 0. The van der Waals surface area contributed by atoms with Gasteiger partial charge in [0.25, 0.3) is 5.91 Å². The van der Waals surface area contributed by atoms with Gasteiger partial charge < -0.3 is 4.74 Å². The predicted octanol–water partition coefficient (Wildman–Crippen LogP) is 5.22. The second kappa shape index (κ2) is 9.45. The fourth-order valence-electron chi connectivity index (χ4n) is 2.28. The molecule has 0 unspecified atom stereocenters. The van der Waals surface area contributed by atoms with Gasteiger partial charge in [0.2, 0.25) is 0 Å². The number of carbonyl (C=O) groups is 2. The quantitative estimate of drug-likeness (QED) is 0.238. The van der Waals surface area contributed by atoms with Crippen LogP contribution in [0.5, 0.6) is 5.75 Å². The molecule has 3 rings (SSSR count). The van der Waals surface area contributed by atoms with Crippen LogP contribution in [-0.2, 0) is 0 Å². The summed E-state index contributed by atoms with van der Waals surface area (Å²) in [5.74, 6) is -1.25. The molecule has 0 saturated heterocycles. The molecule has 0 aliphatic carbocycles. The Morgan fingerprint density at radius 2 is 1.66 bits per heavy atom. The third kappa shape index (κ3) is 5.73. The van der Waals surface area contributed by atoms with E-state index in [4.69, 9.17) is 16.3 Å². The molecule has 0 saturated carbocycles. The Morgan fingerprint density at radius 1 is 1.00 bits per heavy atom. The van der Waals surface area contributed by atoms with Crippen molar-refractivity contribution in [3.8, 4) is 5.75 Å². The van der Waals surface area contributed by atoms with Gasteiger partial charge in [0.05, 0.1) is 11.8 Å². The summed E-state index contributed by atoms with van der Waals surface area (Å²) in [6, 6.07) is 16.3. The molecular weight excluding hydrogens is 463 g/mol. The Morgan fingerprint density at radius 3 is 2.34 bits per heavy atom. The van der Waals surface area contributed by atoms with Crippen LogP contribution in [-0.4, -0.2) is 18.1 Å². The van der Waals surface area contributed by atoms with Crippen LogP contribution in [0.15, 0.2) is 76.3 Å². The molecule has 3 aromatic rings. The Labute approximate surface area is 179 Å². The molecule has 1 N–H and O–H groups in total. The number of carbonyl (C=O) groups excluding carboxylic acids is 2. The van der Waals surface area contributed by atoms with Crippen LogP contribution in [0.2, 0.25) is 5.02 Å². The van der Waals surface area contributed by atoms with Crippen molar-refractivity contribution < 1.29 is 18.7 Å². The van der Waals surface area contributed by atoms with Gasteiger partial charge in [-0.1, -0.05) is 27.5 Å². The molecule has 0 aliphatic rings. The summed E-state index contributed by atoms with van der Waals surface area (Å²) in [5.41, 5.74) is 3.40. The van der Waals surface area contributed by atoms with Crippen LogP contribution >= 0.6 is 27.5 Å². The maximum Gasteiger partial charge on any atom is 0.343 e. The molecule has 0 aliphatic heterocycles. The van der Waals surface area contributed by atoms with E-state index in [9.17, 15) is 14.0 Å². The van der Waals surface area contributed by atoms with E-state index in [1.807, 2.05) is 0 Å². The summed E-state index contributed by atoms with van der Waals surface area (Å²) in [6.07, 6.45) is 1.34. The van der Waals surface area contributed by atoms with Crippen molar-refractivity contribution in [1.29, 1.82) is 0 Å². The van der Waals surface area contributed by atoms with Gasteiger partial charge in [-0.3, -0.25) is 4.79 Å². The lowest BCUT2D eigenvalue weighted by Crippen LogP contribution is -2.17. The molecule has 0 bridgehead atoms. The molecule has 8 heteroatoms. The van der Waals surface area contributed by atoms with Gasteiger partial charge in [-0.05, 0) is 66.7 Å². The Bertz CT molecular complexity index is 1070.